The van der Waals surface area contributed by atoms with Gasteiger partial charge in [0.25, 0.3) is 0 Å². The van der Waals surface area contributed by atoms with Gasteiger partial charge in [-0.2, -0.15) is 0 Å². The van der Waals surface area contributed by atoms with Crippen LogP contribution in [0.15, 0.2) is 72.9 Å². The van der Waals surface area contributed by atoms with Gasteiger partial charge in [-0.25, -0.2) is 4.79 Å². The van der Waals surface area contributed by atoms with Gasteiger partial charge >= 0.3 is 6.03 Å². The average Bonchev–Trinajstić information content (AvgIpc) is 2.54. The van der Waals surface area contributed by atoms with Crippen molar-refractivity contribution in [3.63, 3.8) is 0 Å². The van der Waals surface area contributed by atoms with Gasteiger partial charge in [0.1, 0.15) is 0 Å². The van der Waals surface area contributed by atoms with E-state index in [-0.39, 0.29) is 12.1 Å². The predicted molar refractivity (Wildman–Crippen MR) is 88.2 cm³/mol. The van der Waals surface area contributed by atoms with Crippen LogP contribution in [0, 0.1) is 0 Å². The number of carbonyl (C=O) groups excluding carboxylic acids is 1. The molecule has 3 rings (SSSR count). The second kappa shape index (κ2) is 6.94. The van der Waals surface area contributed by atoms with E-state index in [9.17, 15) is 4.79 Å². The van der Waals surface area contributed by atoms with Gasteiger partial charge in [-0.15, -0.1) is 0 Å². The minimum absolute atomic E-state index is 0.0237. The number of urea groups is 1. The molecule has 1 atom stereocenters. The van der Waals surface area contributed by atoms with E-state index in [0.717, 1.165) is 18.4 Å². The highest BCUT2D eigenvalue weighted by atomic mass is 16.2. The molecule has 0 saturated carbocycles. The van der Waals surface area contributed by atoms with Gasteiger partial charge in [0.15, 0.2) is 0 Å². The van der Waals surface area contributed by atoms with Gasteiger partial charge in [0.05, 0.1) is 6.04 Å². The minimum Gasteiger partial charge on any atom is -0.334 e. The fraction of sp³-hybridized carbons (Fsp3) is 0.211. The third-order valence-corrected chi connectivity index (χ3v) is 3.92. The van der Waals surface area contributed by atoms with Crippen LogP contribution in [-0.2, 0) is 13.0 Å². The zero-order valence-electron chi connectivity index (χ0n) is 12.5. The van der Waals surface area contributed by atoms with Crippen molar-refractivity contribution in [3.05, 3.63) is 84.1 Å². The van der Waals surface area contributed by atoms with Gasteiger partial charge in [0, 0.05) is 12.7 Å². The van der Waals surface area contributed by atoms with Gasteiger partial charge in [-0.1, -0.05) is 60.7 Å². The minimum atomic E-state index is -0.0237. The Bertz CT molecular complexity index is 637. The zero-order chi connectivity index (χ0) is 15.2. The molecule has 1 aliphatic rings. The highest BCUT2D eigenvalue weighted by Gasteiger charge is 2.25. The number of hydrogen-bond acceptors (Lipinski definition) is 1. The Morgan fingerprint density at radius 2 is 1.59 bits per heavy atom. The molecule has 0 saturated heterocycles. The summed E-state index contributed by atoms with van der Waals surface area (Å²) < 4.78 is 0. The summed E-state index contributed by atoms with van der Waals surface area (Å²) in [5.74, 6) is 0. The molecule has 0 bridgehead atoms. The lowest BCUT2D eigenvalue weighted by atomic mass is 10.0. The second-order valence-corrected chi connectivity index (χ2v) is 5.48. The van der Waals surface area contributed by atoms with Gasteiger partial charge in [-0.3, -0.25) is 4.90 Å². The van der Waals surface area contributed by atoms with Crippen LogP contribution in [0.5, 0.6) is 0 Å². The summed E-state index contributed by atoms with van der Waals surface area (Å²) >= 11 is 0. The van der Waals surface area contributed by atoms with Crippen LogP contribution in [0.25, 0.3) is 0 Å². The quantitative estimate of drug-likeness (QED) is 0.895. The highest BCUT2D eigenvalue weighted by Crippen LogP contribution is 2.19. The number of carbonyl (C=O) groups is 1. The molecule has 3 heteroatoms. The average molecular weight is 292 g/mol. The van der Waals surface area contributed by atoms with Gasteiger partial charge < -0.3 is 5.32 Å². The summed E-state index contributed by atoms with van der Waals surface area (Å²) in [6.45, 7) is 0.565. The molecular weight excluding hydrogens is 272 g/mol. The highest BCUT2D eigenvalue weighted by molar-refractivity contribution is 5.77. The number of nitrogens with one attached hydrogen (secondary N) is 1. The topological polar surface area (TPSA) is 32.3 Å². The number of aryl methyl sites for hydroxylation is 1. The Balaban J connectivity index is 1.46. The third kappa shape index (κ3) is 3.55. The van der Waals surface area contributed by atoms with E-state index >= 15 is 0 Å². The van der Waals surface area contributed by atoms with Crippen LogP contribution in [0.1, 0.15) is 17.5 Å². The Morgan fingerprint density at radius 3 is 2.18 bits per heavy atom. The molecule has 2 aromatic carbocycles. The predicted octanol–water partition coefficient (Wildman–Crippen LogP) is 3.73. The monoisotopic (exact) mass is 292 g/mol. The Labute approximate surface area is 131 Å². The summed E-state index contributed by atoms with van der Waals surface area (Å²) in [7, 11) is 0. The molecule has 0 fully saturated rings. The summed E-state index contributed by atoms with van der Waals surface area (Å²) in [5, 5.41) is 2.96. The zero-order valence-corrected chi connectivity index (χ0v) is 12.5. The standard InChI is InChI=1S/C19H20N2O/c22-19(20-15-17-9-5-2-6-10-17)21-14-13-18(21)12-11-16-7-3-1-4-8-16/h1-10,13-14,18H,11-12,15H2,(H,20,22). The number of rotatable bonds is 5. The molecule has 2 amide bonds. The van der Waals surface area contributed by atoms with E-state index in [1.165, 1.54) is 5.56 Å². The first-order valence-corrected chi connectivity index (χ1v) is 7.65. The van der Waals surface area contributed by atoms with Gasteiger partial charge in [0.2, 0.25) is 0 Å². The Kier molecular flexibility index (Phi) is 4.54. The van der Waals surface area contributed by atoms with Crippen molar-refractivity contribution in [1.82, 2.24) is 10.2 Å². The Morgan fingerprint density at radius 1 is 0.955 bits per heavy atom. The first kappa shape index (κ1) is 14.4. The van der Waals surface area contributed by atoms with E-state index in [4.69, 9.17) is 0 Å². The molecule has 22 heavy (non-hydrogen) atoms. The lowest BCUT2D eigenvalue weighted by Crippen LogP contribution is -2.46. The lowest BCUT2D eigenvalue weighted by Gasteiger charge is -2.33. The molecule has 0 radical (unpaired) electrons. The molecular formula is C19H20N2O. The first-order chi connectivity index (χ1) is 10.8. The van der Waals surface area contributed by atoms with Crippen molar-refractivity contribution in [2.24, 2.45) is 0 Å². The SMILES string of the molecule is O=C(NCc1ccccc1)N1C=CC1CCc1ccccc1. The molecule has 112 valence electrons. The summed E-state index contributed by atoms with van der Waals surface area (Å²) in [6.07, 6.45) is 5.89. The van der Waals surface area contributed by atoms with Crippen LogP contribution in [0.2, 0.25) is 0 Å². The van der Waals surface area contributed by atoms with Crippen molar-refractivity contribution in [2.75, 3.05) is 0 Å². The van der Waals surface area contributed by atoms with Crippen LogP contribution in [-0.4, -0.2) is 17.0 Å². The number of amides is 2. The molecule has 0 aliphatic carbocycles. The fourth-order valence-corrected chi connectivity index (χ4v) is 2.57. The second-order valence-electron chi connectivity index (χ2n) is 5.48. The first-order valence-electron chi connectivity index (χ1n) is 7.65. The smallest absolute Gasteiger partial charge is 0.322 e. The van der Waals surface area contributed by atoms with Crippen molar-refractivity contribution < 1.29 is 4.79 Å². The van der Waals surface area contributed by atoms with E-state index in [1.807, 2.05) is 42.6 Å². The largest absolute Gasteiger partial charge is 0.334 e. The van der Waals surface area contributed by atoms with Crippen LogP contribution < -0.4 is 5.32 Å². The lowest BCUT2D eigenvalue weighted by molar-refractivity contribution is 0.196. The molecule has 1 heterocycles. The van der Waals surface area contributed by atoms with Crippen LogP contribution in [0.4, 0.5) is 4.79 Å². The molecule has 1 unspecified atom stereocenters. The molecule has 0 spiro atoms. The van der Waals surface area contributed by atoms with Crippen molar-refractivity contribution in [3.8, 4) is 0 Å². The van der Waals surface area contributed by atoms with E-state index < -0.39 is 0 Å². The van der Waals surface area contributed by atoms with E-state index in [0.29, 0.717) is 6.54 Å². The fourth-order valence-electron chi connectivity index (χ4n) is 2.57. The molecule has 1 aliphatic heterocycles. The molecule has 2 aromatic rings. The number of nitrogens with zero attached hydrogens (tertiary/aromatic N) is 1. The van der Waals surface area contributed by atoms with Crippen molar-refractivity contribution >= 4 is 6.03 Å². The molecule has 3 nitrogen and oxygen atoms in total. The van der Waals surface area contributed by atoms with Gasteiger partial charge in [-0.05, 0) is 30.0 Å². The molecule has 0 aromatic heterocycles. The van der Waals surface area contributed by atoms with Crippen molar-refractivity contribution in [2.45, 2.75) is 25.4 Å². The summed E-state index contributed by atoms with van der Waals surface area (Å²) in [4.78, 5) is 14.0. The number of benzene rings is 2. The molecule has 1 N–H and O–H groups in total. The van der Waals surface area contributed by atoms with E-state index in [2.05, 4.69) is 35.7 Å². The van der Waals surface area contributed by atoms with Crippen molar-refractivity contribution in [1.29, 1.82) is 0 Å². The van der Waals surface area contributed by atoms with Crippen LogP contribution in [0.3, 0.4) is 0 Å². The summed E-state index contributed by atoms with van der Waals surface area (Å²) in [5.41, 5.74) is 2.42. The maximum Gasteiger partial charge on any atom is 0.322 e. The maximum atomic E-state index is 12.2. The number of hydrogen-bond donors (Lipinski definition) is 1. The summed E-state index contributed by atoms with van der Waals surface area (Å²) in [6, 6.07) is 20.5. The van der Waals surface area contributed by atoms with Crippen LogP contribution >= 0.6 is 0 Å². The third-order valence-electron chi connectivity index (χ3n) is 3.92. The van der Waals surface area contributed by atoms with E-state index in [1.54, 1.807) is 4.90 Å². The normalized spacial score (nSPS) is 16.2. The Hall–Kier alpha value is -2.55. The maximum absolute atomic E-state index is 12.2.